The Morgan fingerprint density at radius 2 is 1.68 bits per heavy atom. The maximum atomic E-state index is 9.02. The van der Waals surface area contributed by atoms with E-state index in [0.717, 1.165) is 36.5 Å². The lowest BCUT2D eigenvalue weighted by atomic mass is 9.73. The van der Waals surface area contributed by atoms with Crippen LogP contribution in [0, 0.1) is 40.9 Å². The van der Waals surface area contributed by atoms with Crippen molar-refractivity contribution in [2.75, 3.05) is 0 Å². The molecule has 0 aromatic heterocycles. The molecular formula is C18H33N. The highest BCUT2D eigenvalue weighted by Crippen LogP contribution is 2.37. The van der Waals surface area contributed by atoms with Gasteiger partial charge in [0.25, 0.3) is 0 Å². The van der Waals surface area contributed by atoms with Crippen LogP contribution in [0.5, 0.6) is 0 Å². The minimum Gasteiger partial charge on any atom is -0.198 e. The van der Waals surface area contributed by atoms with Crippen LogP contribution >= 0.6 is 0 Å². The molecule has 0 bridgehead atoms. The van der Waals surface area contributed by atoms with E-state index in [1.807, 2.05) is 0 Å². The number of hydrogen-bond acceptors (Lipinski definition) is 1. The van der Waals surface area contributed by atoms with Crippen LogP contribution in [0.25, 0.3) is 0 Å². The number of nitriles is 1. The van der Waals surface area contributed by atoms with Gasteiger partial charge in [-0.1, -0.05) is 40.5 Å². The van der Waals surface area contributed by atoms with Crippen LogP contribution in [0.2, 0.25) is 0 Å². The molecule has 0 radical (unpaired) electrons. The molecule has 1 nitrogen and oxygen atoms in total. The Morgan fingerprint density at radius 1 is 1.05 bits per heavy atom. The van der Waals surface area contributed by atoms with E-state index in [1.54, 1.807) is 0 Å². The first-order chi connectivity index (χ1) is 9.06. The van der Waals surface area contributed by atoms with Crippen molar-refractivity contribution in [2.24, 2.45) is 29.6 Å². The fourth-order valence-electron chi connectivity index (χ4n) is 3.72. The van der Waals surface area contributed by atoms with Gasteiger partial charge in [-0.25, -0.2) is 0 Å². The Labute approximate surface area is 120 Å². The summed E-state index contributed by atoms with van der Waals surface area (Å²) in [5.41, 5.74) is 0. The molecule has 0 aromatic carbocycles. The third kappa shape index (κ3) is 5.98. The van der Waals surface area contributed by atoms with Gasteiger partial charge in [0.05, 0.1) is 6.07 Å². The van der Waals surface area contributed by atoms with Crippen LogP contribution in [0.4, 0.5) is 0 Å². The normalized spacial score (nSPS) is 26.9. The summed E-state index contributed by atoms with van der Waals surface area (Å²) >= 11 is 0. The van der Waals surface area contributed by atoms with Gasteiger partial charge in [-0.3, -0.25) is 0 Å². The van der Waals surface area contributed by atoms with Crippen LogP contribution in [0.1, 0.15) is 79.1 Å². The lowest BCUT2D eigenvalue weighted by molar-refractivity contribution is 0.187. The van der Waals surface area contributed by atoms with Gasteiger partial charge in [0.15, 0.2) is 0 Å². The van der Waals surface area contributed by atoms with E-state index in [9.17, 15) is 0 Å². The van der Waals surface area contributed by atoms with Crippen LogP contribution < -0.4 is 0 Å². The molecule has 0 amide bonds. The van der Waals surface area contributed by atoms with Gasteiger partial charge in [0.1, 0.15) is 0 Å². The lowest BCUT2D eigenvalue weighted by Gasteiger charge is -2.33. The van der Waals surface area contributed by atoms with E-state index in [1.165, 1.54) is 38.5 Å². The average Bonchev–Trinajstić information content (AvgIpc) is 2.39. The van der Waals surface area contributed by atoms with Crippen LogP contribution in [-0.4, -0.2) is 0 Å². The second-order valence-corrected chi connectivity index (χ2v) is 7.20. The summed E-state index contributed by atoms with van der Waals surface area (Å²) < 4.78 is 0. The van der Waals surface area contributed by atoms with Crippen molar-refractivity contribution in [1.82, 2.24) is 0 Å². The average molecular weight is 263 g/mol. The van der Waals surface area contributed by atoms with E-state index < -0.39 is 0 Å². The first-order valence-electron chi connectivity index (χ1n) is 8.46. The van der Waals surface area contributed by atoms with Gasteiger partial charge >= 0.3 is 0 Å². The largest absolute Gasteiger partial charge is 0.198 e. The fourth-order valence-corrected chi connectivity index (χ4v) is 3.72. The molecule has 19 heavy (non-hydrogen) atoms. The molecule has 0 N–H and O–H groups in total. The number of nitrogens with zero attached hydrogens (tertiary/aromatic N) is 1. The minimum atomic E-state index is 0.291. The van der Waals surface area contributed by atoms with E-state index >= 15 is 0 Å². The SMILES string of the molecule is CCC(C#N)CCC(C)C1CCC(CC(C)C)CC1. The van der Waals surface area contributed by atoms with E-state index in [0.29, 0.717) is 5.92 Å². The van der Waals surface area contributed by atoms with Crippen molar-refractivity contribution < 1.29 is 0 Å². The van der Waals surface area contributed by atoms with Gasteiger partial charge in [0, 0.05) is 5.92 Å². The maximum absolute atomic E-state index is 9.02. The molecule has 0 heterocycles. The summed E-state index contributed by atoms with van der Waals surface area (Å²) in [5.74, 6) is 3.90. The minimum absolute atomic E-state index is 0.291. The number of hydrogen-bond donors (Lipinski definition) is 0. The Hall–Kier alpha value is -0.510. The van der Waals surface area contributed by atoms with E-state index in [4.69, 9.17) is 5.26 Å². The molecule has 1 fully saturated rings. The highest BCUT2D eigenvalue weighted by Gasteiger charge is 2.25. The monoisotopic (exact) mass is 263 g/mol. The Bertz CT molecular complexity index is 268. The zero-order chi connectivity index (χ0) is 14.3. The van der Waals surface area contributed by atoms with E-state index in [2.05, 4.69) is 33.8 Å². The smallest absolute Gasteiger partial charge is 0.0655 e. The molecule has 1 saturated carbocycles. The second kappa shape index (κ2) is 8.62. The Balaban J connectivity index is 2.25. The standard InChI is InChI=1S/C18H33N/c1-5-16(13-19)7-6-15(4)18-10-8-17(9-11-18)12-14(2)3/h14-18H,5-12H2,1-4H3. The summed E-state index contributed by atoms with van der Waals surface area (Å²) in [5, 5.41) is 9.02. The van der Waals surface area contributed by atoms with Crippen LogP contribution in [0.15, 0.2) is 0 Å². The molecule has 1 heteroatoms. The summed E-state index contributed by atoms with van der Waals surface area (Å²) in [4.78, 5) is 0. The highest BCUT2D eigenvalue weighted by atomic mass is 14.3. The third-order valence-electron chi connectivity index (χ3n) is 5.15. The Kier molecular flexibility index (Phi) is 7.51. The molecule has 0 aliphatic heterocycles. The first kappa shape index (κ1) is 16.5. The summed E-state index contributed by atoms with van der Waals surface area (Å²) in [7, 11) is 0. The van der Waals surface area contributed by atoms with Gasteiger partial charge in [-0.05, 0) is 62.2 Å². The molecule has 1 aliphatic rings. The molecule has 1 rings (SSSR count). The van der Waals surface area contributed by atoms with Gasteiger partial charge < -0.3 is 0 Å². The second-order valence-electron chi connectivity index (χ2n) is 7.20. The van der Waals surface area contributed by atoms with Crippen molar-refractivity contribution in [3.63, 3.8) is 0 Å². The molecule has 1 aliphatic carbocycles. The summed E-state index contributed by atoms with van der Waals surface area (Å²) in [6.45, 7) is 9.25. The van der Waals surface area contributed by atoms with Crippen molar-refractivity contribution >= 4 is 0 Å². The zero-order valence-electron chi connectivity index (χ0n) is 13.5. The lowest BCUT2D eigenvalue weighted by Crippen LogP contribution is -2.21. The van der Waals surface area contributed by atoms with Gasteiger partial charge in [-0.2, -0.15) is 5.26 Å². The van der Waals surface area contributed by atoms with Crippen molar-refractivity contribution in [1.29, 1.82) is 5.26 Å². The molecule has 2 atom stereocenters. The third-order valence-corrected chi connectivity index (χ3v) is 5.15. The maximum Gasteiger partial charge on any atom is 0.0655 e. The number of rotatable bonds is 7. The quantitative estimate of drug-likeness (QED) is 0.569. The molecule has 0 spiro atoms. The molecule has 0 aromatic rings. The zero-order valence-corrected chi connectivity index (χ0v) is 13.5. The molecular weight excluding hydrogens is 230 g/mol. The Morgan fingerprint density at radius 3 is 2.16 bits per heavy atom. The molecule has 0 saturated heterocycles. The summed E-state index contributed by atoms with van der Waals surface area (Å²) in [6, 6.07) is 2.44. The van der Waals surface area contributed by atoms with E-state index in [-0.39, 0.29) is 0 Å². The van der Waals surface area contributed by atoms with Crippen molar-refractivity contribution in [3.8, 4) is 6.07 Å². The highest BCUT2D eigenvalue weighted by molar-refractivity contribution is 4.83. The predicted octanol–water partition coefficient (Wildman–Crippen LogP) is 5.80. The topological polar surface area (TPSA) is 23.8 Å². The molecule has 2 unspecified atom stereocenters. The predicted molar refractivity (Wildman–Crippen MR) is 82.7 cm³/mol. The van der Waals surface area contributed by atoms with Gasteiger partial charge in [0.2, 0.25) is 0 Å². The van der Waals surface area contributed by atoms with Gasteiger partial charge in [-0.15, -0.1) is 0 Å². The summed E-state index contributed by atoms with van der Waals surface area (Å²) in [6.07, 6.45) is 10.6. The van der Waals surface area contributed by atoms with Crippen molar-refractivity contribution in [3.05, 3.63) is 0 Å². The fraction of sp³-hybridized carbons (Fsp3) is 0.944. The molecule has 110 valence electrons. The van der Waals surface area contributed by atoms with Crippen LogP contribution in [-0.2, 0) is 0 Å². The van der Waals surface area contributed by atoms with Crippen LogP contribution in [0.3, 0.4) is 0 Å². The first-order valence-corrected chi connectivity index (χ1v) is 8.46. The van der Waals surface area contributed by atoms with Crippen molar-refractivity contribution in [2.45, 2.75) is 79.1 Å².